The molecule has 8 nitrogen and oxygen atoms in total. The van der Waals surface area contributed by atoms with Gasteiger partial charge in [-0.2, -0.15) is 0 Å². The van der Waals surface area contributed by atoms with Crippen LogP contribution < -0.4 is 10.2 Å². The number of thiophene rings is 1. The molecule has 2 aliphatic heterocycles. The minimum atomic E-state index is -0.128. The van der Waals surface area contributed by atoms with Gasteiger partial charge in [0.1, 0.15) is 23.5 Å². The first kappa shape index (κ1) is 20.8. The number of anilines is 2. The van der Waals surface area contributed by atoms with E-state index in [1.165, 1.54) is 17.7 Å². The number of piperazine rings is 1. The van der Waals surface area contributed by atoms with Gasteiger partial charge in [-0.1, -0.05) is 18.2 Å². The molecule has 9 heteroatoms. The van der Waals surface area contributed by atoms with Gasteiger partial charge in [0.05, 0.1) is 16.4 Å². The fourth-order valence-corrected chi connectivity index (χ4v) is 5.41. The first-order valence-corrected chi connectivity index (χ1v) is 11.7. The monoisotopic (exact) mass is 451 g/mol. The molecular formula is C23H25N5O3S. The van der Waals surface area contributed by atoms with Crippen molar-refractivity contribution in [1.82, 2.24) is 14.9 Å². The van der Waals surface area contributed by atoms with E-state index in [4.69, 9.17) is 4.74 Å². The number of carbonyl (C=O) groups excluding carboxylic acids is 2. The van der Waals surface area contributed by atoms with Gasteiger partial charge in [-0.3, -0.25) is 9.59 Å². The third-order valence-corrected chi connectivity index (χ3v) is 7.21. The Morgan fingerprint density at radius 3 is 2.84 bits per heavy atom. The Hall–Kier alpha value is -3.04. The zero-order valence-corrected chi connectivity index (χ0v) is 18.7. The SMILES string of the molecule is Cc1c(C(=O)N2CCN(c3ccccc3)C(=O)C2)sc2ncnc(NCC3CCCO3)c12. The van der Waals surface area contributed by atoms with E-state index in [1.807, 2.05) is 37.3 Å². The lowest BCUT2D eigenvalue weighted by atomic mass is 10.1. The zero-order chi connectivity index (χ0) is 22.1. The van der Waals surface area contributed by atoms with Crippen molar-refractivity contribution in [2.24, 2.45) is 0 Å². The van der Waals surface area contributed by atoms with Crippen molar-refractivity contribution < 1.29 is 14.3 Å². The topological polar surface area (TPSA) is 87.7 Å². The lowest BCUT2D eigenvalue weighted by Crippen LogP contribution is -2.52. The highest BCUT2D eigenvalue weighted by Crippen LogP contribution is 2.34. The highest BCUT2D eigenvalue weighted by molar-refractivity contribution is 7.20. The van der Waals surface area contributed by atoms with E-state index in [9.17, 15) is 9.59 Å². The van der Waals surface area contributed by atoms with Gasteiger partial charge in [0.15, 0.2) is 0 Å². The van der Waals surface area contributed by atoms with Crippen molar-refractivity contribution in [2.45, 2.75) is 25.9 Å². The molecule has 2 saturated heterocycles. The van der Waals surface area contributed by atoms with Crippen LogP contribution in [0.1, 0.15) is 28.1 Å². The number of benzene rings is 1. The van der Waals surface area contributed by atoms with E-state index < -0.39 is 0 Å². The lowest BCUT2D eigenvalue weighted by molar-refractivity contribution is -0.120. The number of carbonyl (C=O) groups is 2. The van der Waals surface area contributed by atoms with E-state index in [0.717, 1.165) is 46.7 Å². The highest BCUT2D eigenvalue weighted by atomic mass is 32.1. The van der Waals surface area contributed by atoms with E-state index in [2.05, 4.69) is 15.3 Å². The first-order chi connectivity index (χ1) is 15.6. The lowest BCUT2D eigenvalue weighted by Gasteiger charge is -2.34. The van der Waals surface area contributed by atoms with Crippen molar-refractivity contribution in [3.05, 3.63) is 47.1 Å². The Morgan fingerprint density at radius 2 is 2.09 bits per heavy atom. The molecule has 1 aromatic carbocycles. The van der Waals surface area contributed by atoms with Gasteiger partial charge in [-0.25, -0.2) is 9.97 Å². The van der Waals surface area contributed by atoms with Gasteiger partial charge in [-0.15, -0.1) is 11.3 Å². The van der Waals surface area contributed by atoms with Crippen LogP contribution in [0.5, 0.6) is 0 Å². The molecule has 5 rings (SSSR count). The standard InChI is InChI=1S/C23H25N5O3S/c1-15-19-21(24-12-17-8-5-11-31-17)25-14-26-22(19)32-20(15)23(30)27-9-10-28(18(29)13-27)16-6-3-2-4-7-16/h2-4,6-7,14,17H,5,8-13H2,1H3,(H,24,25,26). The van der Waals surface area contributed by atoms with Crippen molar-refractivity contribution >= 4 is 44.9 Å². The van der Waals surface area contributed by atoms with Crippen molar-refractivity contribution in [3.8, 4) is 0 Å². The molecule has 166 valence electrons. The Morgan fingerprint density at radius 1 is 1.25 bits per heavy atom. The second-order valence-corrected chi connectivity index (χ2v) is 9.08. The summed E-state index contributed by atoms with van der Waals surface area (Å²) in [5, 5.41) is 4.25. The fourth-order valence-electron chi connectivity index (χ4n) is 4.30. The van der Waals surface area contributed by atoms with E-state index in [-0.39, 0.29) is 24.5 Å². The van der Waals surface area contributed by atoms with Crippen LogP contribution in [0, 0.1) is 6.92 Å². The summed E-state index contributed by atoms with van der Waals surface area (Å²) in [5.74, 6) is 0.521. The molecule has 2 aromatic heterocycles. The van der Waals surface area contributed by atoms with Crippen molar-refractivity contribution in [1.29, 1.82) is 0 Å². The quantitative estimate of drug-likeness (QED) is 0.642. The van der Waals surface area contributed by atoms with Gasteiger partial charge in [0, 0.05) is 31.9 Å². The molecule has 1 N–H and O–H groups in total. The number of nitrogens with zero attached hydrogens (tertiary/aromatic N) is 4. The summed E-state index contributed by atoms with van der Waals surface area (Å²) < 4.78 is 5.69. The molecule has 32 heavy (non-hydrogen) atoms. The van der Waals surface area contributed by atoms with Gasteiger partial charge >= 0.3 is 0 Å². The van der Waals surface area contributed by atoms with Crippen LogP contribution in [0.3, 0.4) is 0 Å². The highest BCUT2D eigenvalue weighted by Gasteiger charge is 2.31. The molecule has 2 fully saturated rings. The van der Waals surface area contributed by atoms with Crippen LogP contribution in [-0.4, -0.2) is 65.6 Å². The van der Waals surface area contributed by atoms with Gasteiger partial charge in [-0.05, 0) is 37.5 Å². The second-order valence-electron chi connectivity index (χ2n) is 8.08. The minimum Gasteiger partial charge on any atom is -0.376 e. The number of aryl methyl sites for hydroxylation is 1. The van der Waals surface area contributed by atoms with Crippen LogP contribution >= 0.6 is 11.3 Å². The maximum atomic E-state index is 13.3. The van der Waals surface area contributed by atoms with E-state index in [1.54, 1.807) is 9.80 Å². The number of hydrogen-bond acceptors (Lipinski definition) is 7. The number of para-hydroxylation sites is 1. The van der Waals surface area contributed by atoms with E-state index >= 15 is 0 Å². The van der Waals surface area contributed by atoms with Gasteiger partial charge in [0.25, 0.3) is 5.91 Å². The Labute approximate surface area is 190 Å². The minimum absolute atomic E-state index is 0.0667. The number of aromatic nitrogens is 2. The molecule has 1 atom stereocenters. The Balaban J connectivity index is 1.34. The van der Waals surface area contributed by atoms with E-state index in [0.29, 0.717) is 24.5 Å². The molecule has 0 spiro atoms. The molecule has 4 heterocycles. The van der Waals surface area contributed by atoms with Crippen LogP contribution in [0.25, 0.3) is 10.2 Å². The third kappa shape index (κ3) is 3.93. The molecule has 0 aliphatic carbocycles. The molecule has 1 unspecified atom stereocenters. The predicted molar refractivity (Wildman–Crippen MR) is 124 cm³/mol. The largest absolute Gasteiger partial charge is 0.376 e. The number of fused-ring (bicyclic) bond motifs is 1. The molecule has 3 aromatic rings. The van der Waals surface area contributed by atoms with Crippen LogP contribution in [-0.2, 0) is 9.53 Å². The number of rotatable bonds is 5. The Bertz CT molecular complexity index is 1140. The summed E-state index contributed by atoms with van der Waals surface area (Å²) in [6.45, 7) is 4.44. The number of nitrogens with one attached hydrogen (secondary N) is 1. The molecular weight excluding hydrogens is 426 g/mol. The number of ether oxygens (including phenoxy) is 1. The summed E-state index contributed by atoms with van der Waals surface area (Å²) in [4.78, 5) is 39.6. The van der Waals surface area contributed by atoms with Gasteiger partial charge in [0.2, 0.25) is 5.91 Å². The average Bonchev–Trinajstić information content (AvgIpc) is 3.46. The zero-order valence-electron chi connectivity index (χ0n) is 17.9. The molecule has 0 bridgehead atoms. The summed E-state index contributed by atoms with van der Waals surface area (Å²) in [6.07, 6.45) is 3.83. The number of hydrogen-bond donors (Lipinski definition) is 1. The summed E-state index contributed by atoms with van der Waals surface area (Å²) in [6, 6.07) is 9.56. The summed E-state index contributed by atoms with van der Waals surface area (Å²) in [7, 11) is 0. The van der Waals surface area contributed by atoms with Crippen molar-refractivity contribution in [2.75, 3.05) is 43.0 Å². The molecule has 0 saturated carbocycles. The second kappa shape index (κ2) is 8.84. The van der Waals surface area contributed by atoms with Gasteiger partial charge < -0.3 is 19.9 Å². The van der Waals surface area contributed by atoms with Crippen molar-refractivity contribution in [3.63, 3.8) is 0 Å². The maximum Gasteiger partial charge on any atom is 0.264 e. The molecule has 0 radical (unpaired) electrons. The molecule has 2 aliphatic rings. The fraction of sp³-hybridized carbons (Fsp3) is 0.391. The Kier molecular flexibility index (Phi) is 5.75. The summed E-state index contributed by atoms with van der Waals surface area (Å²) >= 11 is 1.36. The third-order valence-electron chi connectivity index (χ3n) is 6.02. The summed E-state index contributed by atoms with van der Waals surface area (Å²) in [5.41, 5.74) is 1.71. The van der Waals surface area contributed by atoms with Crippen LogP contribution in [0.15, 0.2) is 36.7 Å². The van der Waals surface area contributed by atoms with Crippen LogP contribution in [0.4, 0.5) is 11.5 Å². The predicted octanol–water partition coefficient (Wildman–Crippen LogP) is 3.08. The normalized spacial score (nSPS) is 19.0. The average molecular weight is 452 g/mol. The molecule has 2 amide bonds. The first-order valence-electron chi connectivity index (χ1n) is 10.9. The maximum absolute atomic E-state index is 13.3. The smallest absolute Gasteiger partial charge is 0.264 e. The van der Waals surface area contributed by atoms with Crippen LogP contribution in [0.2, 0.25) is 0 Å². The number of amides is 2.